The van der Waals surface area contributed by atoms with Gasteiger partial charge < -0.3 is 4.74 Å². The van der Waals surface area contributed by atoms with Crippen molar-refractivity contribution in [2.75, 3.05) is 20.2 Å². The van der Waals surface area contributed by atoms with E-state index in [1.54, 1.807) is 13.4 Å². The molecule has 3 heterocycles. The normalized spacial score (nSPS) is 23.0. The summed E-state index contributed by atoms with van der Waals surface area (Å²) >= 11 is 0. The molecular formula is C14H22N6O. The summed E-state index contributed by atoms with van der Waals surface area (Å²) in [6.07, 6.45) is 7.85. The van der Waals surface area contributed by atoms with Crippen LogP contribution < -0.4 is 0 Å². The Hall–Kier alpha value is -1.73. The van der Waals surface area contributed by atoms with Crippen molar-refractivity contribution in [3.05, 3.63) is 30.1 Å². The number of ether oxygens (including phenoxy) is 1. The summed E-state index contributed by atoms with van der Waals surface area (Å²) < 4.78 is 7.49. The van der Waals surface area contributed by atoms with Crippen molar-refractivity contribution in [3.63, 3.8) is 0 Å². The quantitative estimate of drug-likeness (QED) is 0.860. The molecule has 0 amide bonds. The molecule has 0 aliphatic carbocycles. The first-order valence-corrected chi connectivity index (χ1v) is 7.43. The van der Waals surface area contributed by atoms with Gasteiger partial charge in [0.15, 0.2) is 0 Å². The molecule has 0 saturated carbocycles. The van der Waals surface area contributed by atoms with E-state index in [0.29, 0.717) is 0 Å². The van der Waals surface area contributed by atoms with E-state index in [9.17, 15) is 0 Å². The molecule has 114 valence electrons. The number of hydrogen-bond acceptors (Lipinski definition) is 5. The Kier molecular flexibility index (Phi) is 4.31. The Labute approximate surface area is 124 Å². The van der Waals surface area contributed by atoms with Crippen LogP contribution >= 0.6 is 0 Å². The third-order valence-electron chi connectivity index (χ3n) is 4.15. The highest BCUT2D eigenvalue weighted by molar-refractivity contribution is 5.06. The molecule has 2 atom stereocenters. The van der Waals surface area contributed by atoms with Crippen LogP contribution in [0.5, 0.6) is 0 Å². The van der Waals surface area contributed by atoms with Crippen LogP contribution in [-0.2, 0) is 17.7 Å². The minimum atomic E-state index is 0.262. The van der Waals surface area contributed by atoms with E-state index in [0.717, 1.165) is 38.3 Å². The zero-order valence-electron chi connectivity index (χ0n) is 12.6. The minimum Gasteiger partial charge on any atom is -0.380 e. The lowest BCUT2D eigenvalue weighted by atomic mass is 10.2. The third kappa shape index (κ3) is 3.14. The molecule has 2 aromatic rings. The molecule has 1 fully saturated rings. The van der Waals surface area contributed by atoms with Gasteiger partial charge in [-0.05, 0) is 25.3 Å². The molecule has 7 nitrogen and oxygen atoms in total. The first-order chi connectivity index (χ1) is 10.3. The second kappa shape index (κ2) is 6.36. The van der Waals surface area contributed by atoms with E-state index in [2.05, 4.69) is 38.3 Å². The van der Waals surface area contributed by atoms with Gasteiger partial charge in [0.1, 0.15) is 12.2 Å². The van der Waals surface area contributed by atoms with Gasteiger partial charge >= 0.3 is 0 Å². The predicted octanol–water partition coefficient (Wildman–Crippen LogP) is 1.03. The summed E-state index contributed by atoms with van der Waals surface area (Å²) in [4.78, 5) is 6.72. The molecule has 1 N–H and O–H groups in total. The molecule has 1 saturated heterocycles. The number of aromatic amines is 1. The van der Waals surface area contributed by atoms with E-state index in [1.807, 2.05) is 10.9 Å². The Balaban J connectivity index is 1.64. The van der Waals surface area contributed by atoms with Crippen LogP contribution in [-0.4, -0.2) is 56.2 Å². The molecule has 0 radical (unpaired) electrons. The van der Waals surface area contributed by atoms with E-state index >= 15 is 0 Å². The first kappa shape index (κ1) is 14.2. The third-order valence-corrected chi connectivity index (χ3v) is 4.15. The molecule has 7 heteroatoms. The van der Waals surface area contributed by atoms with Gasteiger partial charge in [-0.1, -0.05) is 0 Å². The number of nitrogens with zero attached hydrogens (tertiary/aromatic N) is 5. The van der Waals surface area contributed by atoms with Crippen LogP contribution in [0.15, 0.2) is 18.7 Å². The van der Waals surface area contributed by atoms with Crippen molar-refractivity contribution in [1.82, 2.24) is 29.9 Å². The molecular weight excluding hydrogens is 268 g/mol. The molecule has 0 bridgehead atoms. The zero-order valence-corrected chi connectivity index (χ0v) is 12.6. The maximum Gasteiger partial charge on any atom is 0.141 e. The van der Waals surface area contributed by atoms with Gasteiger partial charge in [-0.2, -0.15) is 10.2 Å². The number of methoxy groups -OCH3 is 1. The lowest BCUT2D eigenvalue weighted by Crippen LogP contribution is -2.28. The molecule has 2 aromatic heterocycles. The maximum absolute atomic E-state index is 5.52. The number of aryl methyl sites for hydroxylation is 1. The number of hydrogen-bond donors (Lipinski definition) is 1. The van der Waals surface area contributed by atoms with Crippen LogP contribution in [0.4, 0.5) is 0 Å². The molecule has 1 aliphatic rings. The highest BCUT2D eigenvalue weighted by atomic mass is 16.5. The Morgan fingerprint density at radius 1 is 1.48 bits per heavy atom. The Bertz CT molecular complexity index is 552. The van der Waals surface area contributed by atoms with Gasteiger partial charge in [-0.15, -0.1) is 0 Å². The van der Waals surface area contributed by atoms with Crippen molar-refractivity contribution in [2.24, 2.45) is 0 Å². The van der Waals surface area contributed by atoms with Crippen molar-refractivity contribution < 1.29 is 4.74 Å². The minimum absolute atomic E-state index is 0.262. The molecule has 1 aliphatic heterocycles. The Morgan fingerprint density at radius 3 is 3.05 bits per heavy atom. The van der Waals surface area contributed by atoms with Crippen LogP contribution in [0.25, 0.3) is 0 Å². The summed E-state index contributed by atoms with van der Waals surface area (Å²) in [5.41, 5.74) is 1.27. The lowest BCUT2D eigenvalue weighted by Gasteiger charge is -2.21. The monoisotopic (exact) mass is 290 g/mol. The zero-order chi connectivity index (χ0) is 14.7. The lowest BCUT2D eigenvalue weighted by molar-refractivity contribution is 0.108. The predicted molar refractivity (Wildman–Crippen MR) is 77.7 cm³/mol. The van der Waals surface area contributed by atoms with Gasteiger partial charge in [0.05, 0.1) is 18.3 Å². The molecule has 21 heavy (non-hydrogen) atoms. The van der Waals surface area contributed by atoms with Crippen molar-refractivity contribution >= 4 is 0 Å². The summed E-state index contributed by atoms with van der Waals surface area (Å²) in [6, 6.07) is 0.263. The summed E-state index contributed by atoms with van der Waals surface area (Å²) in [5, 5.41) is 11.3. The summed E-state index contributed by atoms with van der Waals surface area (Å²) in [6.45, 7) is 4.92. The summed E-state index contributed by atoms with van der Waals surface area (Å²) in [7, 11) is 1.77. The largest absolute Gasteiger partial charge is 0.380 e. The van der Waals surface area contributed by atoms with E-state index < -0.39 is 0 Å². The number of likely N-dealkylation sites (tertiary alicyclic amines) is 1. The van der Waals surface area contributed by atoms with E-state index in [1.165, 1.54) is 5.56 Å². The fourth-order valence-corrected chi connectivity index (χ4v) is 2.92. The van der Waals surface area contributed by atoms with Crippen LogP contribution in [0.3, 0.4) is 0 Å². The van der Waals surface area contributed by atoms with Gasteiger partial charge in [0, 0.05) is 32.9 Å². The van der Waals surface area contributed by atoms with Crippen molar-refractivity contribution in [2.45, 2.75) is 38.5 Å². The first-order valence-electron chi connectivity index (χ1n) is 7.43. The van der Waals surface area contributed by atoms with E-state index in [4.69, 9.17) is 4.74 Å². The highest BCUT2D eigenvalue weighted by Gasteiger charge is 2.34. The smallest absolute Gasteiger partial charge is 0.141 e. The fraction of sp³-hybridized carbons (Fsp3) is 0.643. The average molecular weight is 290 g/mol. The SMILES string of the molecule is CCn1cc(CCN2C[C@H](OC)C[C@H]2c2ncn[nH]2)cn1. The van der Waals surface area contributed by atoms with Crippen molar-refractivity contribution in [3.8, 4) is 0 Å². The van der Waals surface area contributed by atoms with Crippen LogP contribution in [0.1, 0.15) is 30.8 Å². The number of nitrogens with one attached hydrogen (secondary N) is 1. The average Bonchev–Trinajstić information content (AvgIpc) is 3.23. The maximum atomic E-state index is 5.52. The van der Waals surface area contributed by atoms with E-state index in [-0.39, 0.29) is 12.1 Å². The fourth-order valence-electron chi connectivity index (χ4n) is 2.92. The highest BCUT2D eigenvalue weighted by Crippen LogP contribution is 2.31. The van der Waals surface area contributed by atoms with Gasteiger partial charge in [-0.3, -0.25) is 14.7 Å². The number of rotatable bonds is 6. The molecule has 0 aromatic carbocycles. The summed E-state index contributed by atoms with van der Waals surface area (Å²) in [5.74, 6) is 0.929. The van der Waals surface area contributed by atoms with Crippen LogP contribution in [0, 0.1) is 0 Å². The van der Waals surface area contributed by atoms with Gasteiger partial charge in [0.2, 0.25) is 0 Å². The van der Waals surface area contributed by atoms with Gasteiger partial charge in [-0.25, -0.2) is 4.98 Å². The van der Waals surface area contributed by atoms with Crippen molar-refractivity contribution in [1.29, 1.82) is 0 Å². The molecule has 0 spiro atoms. The van der Waals surface area contributed by atoms with Crippen LogP contribution in [0.2, 0.25) is 0 Å². The second-order valence-corrected chi connectivity index (χ2v) is 5.43. The number of aromatic nitrogens is 5. The Morgan fingerprint density at radius 2 is 2.38 bits per heavy atom. The standard InChI is InChI=1S/C14H22N6O/c1-3-20-8-11(7-17-20)4-5-19-9-12(21-2)6-13(19)14-15-10-16-18-14/h7-8,10,12-13H,3-6,9H2,1-2H3,(H,15,16,18)/t12-,13+/m1/s1. The second-order valence-electron chi connectivity index (χ2n) is 5.43. The molecule has 3 rings (SSSR count). The number of H-pyrrole nitrogens is 1. The topological polar surface area (TPSA) is 71.9 Å². The van der Waals surface area contributed by atoms with Gasteiger partial charge in [0.25, 0.3) is 0 Å². The molecule has 0 unspecified atom stereocenters.